The molecule has 0 unspecified atom stereocenters. The number of benzene rings is 1. The Kier molecular flexibility index (Phi) is 6.79. The molecule has 1 aliphatic rings. The molecule has 1 aliphatic heterocycles. The van der Waals surface area contributed by atoms with Crippen LogP contribution in [0, 0.1) is 5.82 Å². The fourth-order valence-corrected chi connectivity index (χ4v) is 3.17. The largest absolute Gasteiger partial charge is 0.358 e. The number of nitrogens with one attached hydrogen (secondary N) is 2. The number of thiocarbonyl (C=S) groups is 1. The summed E-state index contributed by atoms with van der Waals surface area (Å²) in [5.41, 5.74) is 0.482. The van der Waals surface area contributed by atoms with Crippen LogP contribution in [0.25, 0.3) is 0 Å². The summed E-state index contributed by atoms with van der Waals surface area (Å²) in [5, 5.41) is 5.11. The van der Waals surface area contributed by atoms with Crippen molar-refractivity contribution in [2.45, 2.75) is 12.8 Å². The fourth-order valence-electron chi connectivity index (χ4n) is 2.09. The van der Waals surface area contributed by atoms with E-state index < -0.39 is 0 Å². The third-order valence-electron chi connectivity index (χ3n) is 3.27. The minimum Gasteiger partial charge on any atom is -0.358 e. The molecule has 8 heteroatoms. The van der Waals surface area contributed by atoms with Crippen molar-refractivity contribution in [3.63, 3.8) is 0 Å². The molecule has 1 heterocycles. The highest BCUT2D eigenvalue weighted by Gasteiger charge is 2.16. The van der Waals surface area contributed by atoms with Crippen LogP contribution < -0.4 is 10.6 Å². The number of anilines is 1. The first-order valence-corrected chi connectivity index (χ1v) is 8.68. The molecule has 2 N–H and O–H groups in total. The van der Waals surface area contributed by atoms with E-state index in [1.54, 1.807) is 0 Å². The van der Waals surface area contributed by atoms with Gasteiger partial charge in [0.15, 0.2) is 0 Å². The van der Waals surface area contributed by atoms with Crippen molar-refractivity contribution >= 4 is 45.8 Å². The van der Waals surface area contributed by atoms with Gasteiger partial charge in [-0.1, -0.05) is 24.0 Å². The van der Waals surface area contributed by atoms with Gasteiger partial charge in [-0.15, -0.1) is 0 Å². The third kappa shape index (κ3) is 6.15. The van der Waals surface area contributed by atoms with E-state index >= 15 is 0 Å². The Balaban J connectivity index is 1.64. The van der Waals surface area contributed by atoms with Crippen LogP contribution in [0.15, 0.2) is 24.3 Å². The summed E-state index contributed by atoms with van der Waals surface area (Å²) in [6.45, 7) is 1.77. The number of halogens is 1. The second kappa shape index (κ2) is 8.83. The van der Waals surface area contributed by atoms with Gasteiger partial charge in [-0.25, -0.2) is 4.39 Å². The fraction of sp³-hybridized carbons (Fsp3) is 0.400. The van der Waals surface area contributed by atoms with Crippen molar-refractivity contribution in [3.8, 4) is 0 Å². The molecule has 1 fully saturated rings. The molecular weight excluding hydrogens is 337 g/mol. The van der Waals surface area contributed by atoms with Crippen molar-refractivity contribution in [2.75, 3.05) is 30.7 Å². The van der Waals surface area contributed by atoms with E-state index in [-0.39, 0.29) is 29.9 Å². The molecule has 0 saturated carbocycles. The molecule has 2 rings (SSSR count). The van der Waals surface area contributed by atoms with Gasteiger partial charge in [0.2, 0.25) is 11.8 Å². The van der Waals surface area contributed by atoms with Crippen molar-refractivity contribution < 1.29 is 14.0 Å². The van der Waals surface area contributed by atoms with Gasteiger partial charge in [-0.05, 0) is 37.1 Å². The maximum absolute atomic E-state index is 12.8. The zero-order chi connectivity index (χ0) is 16.7. The molecule has 1 saturated heterocycles. The molecule has 1 aromatic carbocycles. The van der Waals surface area contributed by atoms with Crippen molar-refractivity contribution in [1.29, 1.82) is 0 Å². The maximum atomic E-state index is 12.8. The molecule has 0 radical (unpaired) electrons. The third-order valence-corrected chi connectivity index (χ3v) is 4.79. The molecular formula is C15H18FN3O2S2. The smallest absolute Gasteiger partial charge is 0.243 e. The number of carbonyl (C=O) groups excluding carboxylic acids is 2. The first kappa shape index (κ1) is 17.7. The number of carbonyl (C=O) groups is 2. The van der Waals surface area contributed by atoms with Crippen LogP contribution in [0.4, 0.5) is 10.1 Å². The normalized spacial score (nSPS) is 13.7. The predicted octanol–water partition coefficient (Wildman–Crippen LogP) is 1.99. The average Bonchev–Trinajstić information content (AvgIpc) is 3.07. The van der Waals surface area contributed by atoms with Crippen LogP contribution >= 0.6 is 24.0 Å². The van der Waals surface area contributed by atoms with E-state index in [9.17, 15) is 14.0 Å². The summed E-state index contributed by atoms with van der Waals surface area (Å²) in [7, 11) is 0. The Hall–Kier alpha value is -1.67. The van der Waals surface area contributed by atoms with E-state index in [4.69, 9.17) is 12.2 Å². The van der Waals surface area contributed by atoms with E-state index in [0.717, 1.165) is 30.3 Å². The van der Waals surface area contributed by atoms with Gasteiger partial charge in [-0.2, -0.15) is 0 Å². The highest BCUT2D eigenvalue weighted by atomic mass is 32.2. The van der Waals surface area contributed by atoms with Crippen LogP contribution in [0.5, 0.6) is 0 Å². The van der Waals surface area contributed by atoms with E-state index in [0.29, 0.717) is 5.69 Å². The number of hydrogen-bond acceptors (Lipinski definition) is 4. The Morgan fingerprint density at radius 1 is 1.17 bits per heavy atom. The van der Waals surface area contributed by atoms with Gasteiger partial charge in [0, 0.05) is 18.8 Å². The molecule has 2 amide bonds. The Morgan fingerprint density at radius 3 is 2.48 bits per heavy atom. The lowest BCUT2D eigenvalue weighted by Gasteiger charge is -2.17. The zero-order valence-corrected chi connectivity index (χ0v) is 14.1. The van der Waals surface area contributed by atoms with Gasteiger partial charge in [0.25, 0.3) is 0 Å². The van der Waals surface area contributed by atoms with Gasteiger partial charge >= 0.3 is 0 Å². The lowest BCUT2D eigenvalue weighted by Crippen LogP contribution is -2.34. The van der Waals surface area contributed by atoms with Crippen LogP contribution in [0.2, 0.25) is 0 Å². The van der Waals surface area contributed by atoms with Crippen LogP contribution in [0.3, 0.4) is 0 Å². The number of hydrogen-bond donors (Lipinski definition) is 2. The molecule has 5 nitrogen and oxygen atoms in total. The molecule has 23 heavy (non-hydrogen) atoms. The maximum Gasteiger partial charge on any atom is 0.243 e. The van der Waals surface area contributed by atoms with Gasteiger partial charge in [0.05, 0.1) is 12.3 Å². The molecule has 0 bridgehead atoms. The summed E-state index contributed by atoms with van der Waals surface area (Å²) in [6.07, 6.45) is 2.27. The summed E-state index contributed by atoms with van der Waals surface area (Å²) in [6, 6.07) is 5.42. The van der Waals surface area contributed by atoms with Crippen molar-refractivity contribution in [3.05, 3.63) is 30.1 Å². The second-order valence-electron chi connectivity index (χ2n) is 5.08. The highest BCUT2D eigenvalue weighted by molar-refractivity contribution is 8.23. The molecule has 1 aromatic rings. The van der Waals surface area contributed by atoms with E-state index in [1.165, 1.54) is 36.0 Å². The van der Waals surface area contributed by atoms with Gasteiger partial charge < -0.3 is 15.5 Å². The Bertz CT molecular complexity index is 575. The van der Waals surface area contributed by atoms with Crippen molar-refractivity contribution in [2.24, 2.45) is 0 Å². The molecule has 0 aromatic heterocycles. The lowest BCUT2D eigenvalue weighted by atomic mass is 10.3. The highest BCUT2D eigenvalue weighted by Crippen LogP contribution is 2.15. The van der Waals surface area contributed by atoms with Crippen LogP contribution in [0.1, 0.15) is 12.8 Å². The topological polar surface area (TPSA) is 61.4 Å². The number of rotatable bonds is 5. The summed E-state index contributed by atoms with van der Waals surface area (Å²) in [4.78, 5) is 25.5. The van der Waals surface area contributed by atoms with Crippen molar-refractivity contribution in [1.82, 2.24) is 10.2 Å². The molecule has 0 aliphatic carbocycles. The number of amides is 2. The predicted molar refractivity (Wildman–Crippen MR) is 93.9 cm³/mol. The minimum atomic E-state index is -0.373. The number of likely N-dealkylation sites (tertiary alicyclic amines) is 1. The van der Waals surface area contributed by atoms with Gasteiger partial charge in [0.1, 0.15) is 10.1 Å². The van der Waals surface area contributed by atoms with E-state index in [2.05, 4.69) is 15.5 Å². The van der Waals surface area contributed by atoms with Crippen LogP contribution in [-0.4, -0.2) is 46.4 Å². The first-order chi connectivity index (χ1) is 11.0. The monoisotopic (exact) mass is 355 g/mol. The molecule has 0 atom stereocenters. The number of thioether (sulfide) groups is 1. The first-order valence-electron chi connectivity index (χ1n) is 7.28. The summed E-state index contributed by atoms with van der Waals surface area (Å²) < 4.78 is 13.5. The quantitative estimate of drug-likeness (QED) is 0.791. The molecule has 0 spiro atoms. The van der Waals surface area contributed by atoms with E-state index in [1.807, 2.05) is 0 Å². The number of nitrogens with zero attached hydrogens (tertiary/aromatic N) is 1. The second-order valence-corrected chi connectivity index (χ2v) is 6.69. The van der Waals surface area contributed by atoms with Gasteiger partial charge in [-0.3, -0.25) is 9.59 Å². The zero-order valence-electron chi connectivity index (χ0n) is 12.5. The lowest BCUT2D eigenvalue weighted by molar-refractivity contribution is -0.122. The average molecular weight is 355 g/mol. The Labute approximate surface area is 144 Å². The van der Waals surface area contributed by atoms with Crippen LogP contribution in [-0.2, 0) is 9.59 Å². The summed E-state index contributed by atoms with van der Waals surface area (Å²) >= 11 is 6.58. The Morgan fingerprint density at radius 2 is 1.83 bits per heavy atom. The molecule has 124 valence electrons. The minimum absolute atomic E-state index is 0.132. The standard InChI is InChI=1S/C15H18FN3O2S2/c16-11-3-5-12(6-4-11)18-13(20)9-17-14(21)10-23-15(22)19-7-1-2-8-19/h3-6H,1-2,7-10H2,(H,17,21)(H,18,20). The SMILES string of the molecule is O=C(CSC(=S)N1CCCC1)NCC(=O)Nc1ccc(F)cc1. The summed E-state index contributed by atoms with van der Waals surface area (Å²) in [5.74, 6) is -0.788.